The van der Waals surface area contributed by atoms with Gasteiger partial charge in [0.15, 0.2) is 0 Å². The molecule has 2 aromatic rings. The van der Waals surface area contributed by atoms with Gasteiger partial charge in [-0.25, -0.2) is 0 Å². The molecule has 0 heterocycles. The largest absolute Gasteiger partial charge is 0.0648 e. The quantitative estimate of drug-likeness (QED) is 0.486. The van der Waals surface area contributed by atoms with E-state index in [2.05, 4.69) is 84.0 Å². The molecule has 24 heavy (non-hydrogen) atoms. The second kappa shape index (κ2) is 8.51. The van der Waals surface area contributed by atoms with Crippen LogP contribution in [0.3, 0.4) is 0 Å². The fraction of sp³-hybridized carbons (Fsp3) is 0.500. The highest BCUT2D eigenvalue weighted by Gasteiger charge is 2.23. The standard InChI is InChI=1S/C24H34/c1-7-17(4)21-15-16-22(20-13-11-10-12-14-20)24(19(6)9-3)23(21)18(5)8-2/h10-19H,7-9H2,1-6H3. The van der Waals surface area contributed by atoms with E-state index in [0.29, 0.717) is 17.8 Å². The van der Waals surface area contributed by atoms with Gasteiger partial charge in [0.05, 0.1) is 0 Å². The lowest BCUT2D eigenvalue weighted by atomic mass is 9.76. The zero-order valence-corrected chi connectivity index (χ0v) is 16.4. The van der Waals surface area contributed by atoms with Crippen LogP contribution in [-0.4, -0.2) is 0 Å². The molecule has 0 nitrogen and oxygen atoms in total. The van der Waals surface area contributed by atoms with Crippen LogP contribution in [-0.2, 0) is 0 Å². The van der Waals surface area contributed by atoms with Crippen LogP contribution in [0.4, 0.5) is 0 Å². The van der Waals surface area contributed by atoms with Gasteiger partial charge in [0.2, 0.25) is 0 Å². The summed E-state index contributed by atoms with van der Waals surface area (Å²) in [5, 5.41) is 0. The Bertz CT molecular complexity index is 639. The van der Waals surface area contributed by atoms with Crippen molar-refractivity contribution in [1.29, 1.82) is 0 Å². The average molecular weight is 323 g/mol. The maximum atomic E-state index is 2.41. The first-order chi connectivity index (χ1) is 11.5. The van der Waals surface area contributed by atoms with E-state index in [-0.39, 0.29) is 0 Å². The molecule has 0 bridgehead atoms. The molecule has 0 N–H and O–H groups in total. The van der Waals surface area contributed by atoms with Gasteiger partial charge in [0.1, 0.15) is 0 Å². The first-order valence-electron chi connectivity index (χ1n) is 9.77. The first kappa shape index (κ1) is 18.8. The fourth-order valence-corrected chi connectivity index (χ4v) is 3.66. The Morgan fingerprint density at radius 2 is 1.17 bits per heavy atom. The van der Waals surface area contributed by atoms with E-state index < -0.39 is 0 Å². The van der Waals surface area contributed by atoms with E-state index in [0.717, 1.165) is 0 Å². The lowest BCUT2D eigenvalue weighted by Crippen LogP contribution is -2.10. The number of hydrogen-bond acceptors (Lipinski definition) is 0. The lowest BCUT2D eigenvalue weighted by Gasteiger charge is -2.28. The van der Waals surface area contributed by atoms with Crippen LogP contribution >= 0.6 is 0 Å². The molecular weight excluding hydrogens is 288 g/mol. The molecule has 0 saturated carbocycles. The highest BCUT2D eigenvalue weighted by Crippen LogP contribution is 2.42. The Hall–Kier alpha value is -1.56. The van der Waals surface area contributed by atoms with Crippen LogP contribution in [0.15, 0.2) is 42.5 Å². The van der Waals surface area contributed by atoms with E-state index in [1.54, 1.807) is 16.7 Å². The fourth-order valence-electron chi connectivity index (χ4n) is 3.66. The van der Waals surface area contributed by atoms with Crippen LogP contribution in [0, 0.1) is 0 Å². The minimum absolute atomic E-state index is 0.591. The molecule has 0 radical (unpaired) electrons. The molecule has 3 unspecified atom stereocenters. The molecule has 130 valence electrons. The Labute approximate surface area is 149 Å². The van der Waals surface area contributed by atoms with Crippen molar-refractivity contribution in [3.63, 3.8) is 0 Å². The maximum absolute atomic E-state index is 2.41. The molecule has 0 aliphatic carbocycles. The summed E-state index contributed by atoms with van der Waals surface area (Å²) in [7, 11) is 0. The topological polar surface area (TPSA) is 0 Å². The predicted molar refractivity (Wildman–Crippen MR) is 108 cm³/mol. The van der Waals surface area contributed by atoms with Crippen molar-refractivity contribution in [2.45, 2.75) is 78.6 Å². The highest BCUT2D eigenvalue weighted by molar-refractivity contribution is 5.71. The Balaban J connectivity index is 2.78. The van der Waals surface area contributed by atoms with Crippen molar-refractivity contribution in [3.05, 3.63) is 59.2 Å². The Morgan fingerprint density at radius 3 is 1.71 bits per heavy atom. The molecule has 2 rings (SSSR count). The van der Waals surface area contributed by atoms with Crippen molar-refractivity contribution in [1.82, 2.24) is 0 Å². The van der Waals surface area contributed by atoms with Crippen molar-refractivity contribution >= 4 is 0 Å². The molecule has 0 saturated heterocycles. The van der Waals surface area contributed by atoms with E-state index in [1.165, 1.54) is 30.4 Å². The Kier molecular flexibility index (Phi) is 6.66. The van der Waals surface area contributed by atoms with Gasteiger partial charge in [-0.05, 0) is 64.8 Å². The smallest absolute Gasteiger partial charge is 0.0146 e. The highest BCUT2D eigenvalue weighted by atomic mass is 14.3. The van der Waals surface area contributed by atoms with E-state index in [9.17, 15) is 0 Å². The summed E-state index contributed by atoms with van der Waals surface area (Å²) in [5.41, 5.74) is 7.58. The summed E-state index contributed by atoms with van der Waals surface area (Å²) in [5.74, 6) is 1.83. The molecule has 0 spiro atoms. The van der Waals surface area contributed by atoms with Crippen LogP contribution < -0.4 is 0 Å². The molecule has 3 atom stereocenters. The molecule has 0 fully saturated rings. The maximum Gasteiger partial charge on any atom is -0.0146 e. The van der Waals surface area contributed by atoms with Crippen molar-refractivity contribution in [2.24, 2.45) is 0 Å². The molecule has 0 heteroatoms. The van der Waals surface area contributed by atoms with Crippen molar-refractivity contribution < 1.29 is 0 Å². The summed E-state index contributed by atoms with van der Waals surface area (Å²) in [6.07, 6.45) is 3.59. The molecule has 0 aliphatic heterocycles. The van der Waals surface area contributed by atoms with Gasteiger partial charge in [-0.15, -0.1) is 0 Å². The van der Waals surface area contributed by atoms with Gasteiger partial charge in [-0.1, -0.05) is 84.0 Å². The Morgan fingerprint density at radius 1 is 0.625 bits per heavy atom. The third kappa shape index (κ3) is 3.74. The van der Waals surface area contributed by atoms with Crippen LogP contribution in [0.25, 0.3) is 11.1 Å². The molecular formula is C24H34. The SMILES string of the molecule is CCC(C)c1ccc(-c2ccccc2)c(C(C)CC)c1C(C)CC. The third-order valence-electron chi connectivity index (χ3n) is 5.76. The summed E-state index contributed by atoms with van der Waals surface area (Å²) in [6, 6.07) is 15.7. The van der Waals surface area contributed by atoms with E-state index in [1.807, 2.05) is 0 Å². The molecule has 2 aromatic carbocycles. The van der Waals surface area contributed by atoms with Gasteiger partial charge in [-0.3, -0.25) is 0 Å². The zero-order valence-electron chi connectivity index (χ0n) is 16.4. The van der Waals surface area contributed by atoms with Gasteiger partial charge in [0, 0.05) is 0 Å². The van der Waals surface area contributed by atoms with Gasteiger partial charge in [-0.2, -0.15) is 0 Å². The average Bonchev–Trinajstić information content (AvgIpc) is 2.65. The second-order valence-corrected chi connectivity index (χ2v) is 7.32. The molecule has 0 aliphatic rings. The van der Waals surface area contributed by atoms with Crippen LogP contribution in [0.5, 0.6) is 0 Å². The minimum Gasteiger partial charge on any atom is -0.0648 e. The second-order valence-electron chi connectivity index (χ2n) is 7.32. The third-order valence-corrected chi connectivity index (χ3v) is 5.76. The predicted octanol–water partition coefficient (Wildman–Crippen LogP) is 7.89. The zero-order chi connectivity index (χ0) is 17.7. The summed E-state index contributed by atoms with van der Waals surface area (Å²) in [4.78, 5) is 0. The molecule has 0 amide bonds. The monoisotopic (exact) mass is 322 g/mol. The van der Waals surface area contributed by atoms with Crippen molar-refractivity contribution in [3.8, 4) is 11.1 Å². The summed E-state index contributed by atoms with van der Waals surface area (Å²) < 4.78 is 0. The van der Waals surface area contributed by atoms with E-state index in [4.69, 9.17) is 0 Å². The van der Waals surface area contributed by atoms with E-state index >= 15 is 0 Å². The number of hydrogen-bond donors (Lipinski definition) is 0. The number of benzene rings is 2. The normalized spacial score (nSPS) is 15.1. The van der Waals surface area contributed by atoms with Gasteiger partial charge in [0.25, 0.3) is 0 Å². The minimum atomic E-state index is 0.591. The van der Waals surface area contributed by atoms with Gasteiger partial charge < -0.3 is 0 Å². The number of rotatable bonds is 7. The van der Waals surface area contributed by atoms with Crippen molar-refractivity contribution in [2.75, 3.05) is 0 Å². The van der Waals surface area contributed by atoms with Crippen LogP contribution in [0.2, 0.25) is 0 Å². The summed E-state index contributed by atoms with van der Waals surface area (Å²) in [6.45, 7) is 14.1. The van der Waals surface area contributed by atoms with Crippen LogP contribution in [0.1, 0.15) is 95.2 Å². The first-order valence-corrected chi connectivity index (χ1v) is 9.77. The molecule has 0 aromatic heterocycles. The lowest BCUT2D eigenvalue weighted by molar-refractivity contribution is 0.645. The van der Waals surface area contributed by atoms with Gasteiger partial charge >= 0.3 is 0 Å². The summed E-state index contributed by atoms with van der Waals surface area (Å²) >= 11 is 0.